The number of carbonyl (C=O) groups is 1. The topological polar surface area (TPSA) is 105 Å². The van der Waals surface area contributed by atoms with E-state index in [1.807, 2.05) is 0 Å². The average molecular weight is 484 g/mol. The smallest absolute Gasteiger partial charge is 0.253 e. The van der Waals surface area contributed by atoms with Crippen LogP contribution in [0.25, 0.3) is 5.65 Å². The fourth-order valence-corrected chi connectivity index (χ4v) is 6.01. The maximum Gasteiger partial charge on any atom is 0.253 e. The van der Waals surface area contributed by atoms with Crippen molar-refractivity contribution in [1.29, 1.82) is 0 Å². The van der Waals surface area contributed by atoms with Gasteiger partial charge >= 0.3 is 0 Å². The molecule has 2 aliphatic heterocycles. The predicted octanol–water partition coefficient (Wildman–Crippen LogP) is 2.14. The minimum atomic E-state index is -3.69. The molecule has 1 unspecified atom stereocenters. The lowest BCUT2D eigenvalue weighted by molar-refractivity contribution is -0.0907. The van der Waals surface area contributed by atoms with Crippen molar-refractivity contribution < 1.29 is 17.9 Å². The van der Waals surface area contributed by atoms with Gasteiger partial charge in [-0.3, -0.25) is 4.79 Å². The zero-order valence-corrected chi connectivity index (χ0v) is 19.9. The summed E-state index contributed by atoms with van der Waals surface area (Å²) in [5.41, 5.74) is 1.90. The Morgan fingerprint density at radius 3 is 2.74 bits per heavy atom. The maximum atomic E-state index is 13.2. The summed E-state index contributed by atoms with van der Waals surface area (Å²) in [7, 11) is -2.10. The molecule has 2 aliphatic rings. The predicted molar refractivity (Wildman–Crippen MR) is 127 cm³/mol. The minimum absolute atomic E-state index is 0.204. The number of pyridine rings is 1. The highest BCUT2D eigenvalue weighted by Crippen LogP contribution is 2.39. The lowest BCUT2D eigenvalue weighted by Crippen LogP contribution is -2.44. The molecule has 1 atom stereocenters. The van der Waals surface area contributed by atoms with Gasteiger partial charge in [-0.1, -0.05) is 12.1 Å². The first-order valence-corrected chi connectivity index (χ1v) is 13.0. The fraction of sp³-hybridized carbons (Fsp3) is 0.417. The van der Waals surface area contributed by atoms with E-state index in [-0.39, 0.29) is 16.4 Å². The molecule has 180 valence electrons. The molecule has 2 N–H and O–H groups in total. The molecule has 34 heavy (non-hydrogen) atoms. The number of rotatable bonds is 6. The fourth-order valence-electron chi connectivity index (χ4n) is 4.74. The first-order valence-electron chi connectivity index (χ1n) is 11.5. The largest absolute Gasteiger partial charge is 0.356 e. The first-order chi connectivity index (χ1) is 16.4. The van der Waals surface area contributed by atoms with Crippen molar-refractivity contribution in [3.8, 4) is 0 Å². The molecule has 10 heteroatoms. The highest BCUT2D eigenvalue weighted by atomic mass is 32.2. The Bertz CT molecular complexity index is 1280. The molecule has 1 spiro atoms. The number of hydrogen-bond donors (Lipinski definition) is 2. The van der Waals surface area contributed by atoms with E-state index in [1.54, 1.807) is 66.4 Å². The van der Waals surface area contributed by atoms with Gasteiger partial charge in [0, 0.05) is 32.2 Å². The van der Waals surface area contributed by atoms with Crippen LogP contribution in [0.3, 0.4) is 0 Å². The van der Waals surface area contributed by atoms with Crippen LogP contribution in [0.2, 0.25) is 0 Å². The average Bonchev–Trinajstić information content (AvgIpc) is 3.49. The van der Waals surface area contributed by atoms with E-state index in [2.05, 4.69) is 15.6 Å². The SMILES string of the molecule is CN(C1CCC2(CCNCC2)O1)S(=O)(=O)c1ccc(CNC(=O)c2ccc3nccn3c2)cc1. The van der Waals surface area contributed by atoms with E-state index in [9.17, 15) is 13.2 Å². The number of nitrogens with one attached hydrogen (secondary N) is 2. The van der Waals surface area contributed by atoms with Crippen molar-refractivity contribution in [2.45, 2.75) is 49.0 Å². The van der Waals surface area contributed by atoms with E-state index < -0.39 is 16.3 Å². The van der Waals surface area contributed by atoms with Crippen LogP contribution in [-0.4, -0.2) is 60.0 Å². The quantitative estimate of drug-likeness (QED) is 0.557. The molecule has 1 aromatic carbocycles. The van der Waals surface area contributed by atoms with Gasteiger partial charge in [0.05, 0.1) is 16.1 Å². The molecule has 2 fully saturated rings. The summed E-state index contributed by atoms with van der Waals surface area (Å²) in [6.45, 7) is 2.10. The second-order valence-corrected chi connectivity index (χ2v) is 11.0. The second kappa shape index (κ2) is 9.10. The number of nitrogens with zero attached hydrogens (tertiary/aromatic N) is 3. The van der Waals surface area contributed by atoms with Crippen LogP contribution < -0.4 is 10.6 Å². The number of ether oxygens (including phenoxy) is 1. The van der Waals surface area contributed by atoms with Gasteiger partial charge in [-0.2, -0.15) is 4.31 Å². The Morgan fingerprint density at radius 2 is 1.97 bits per heavy atom. The molecule has 0 bridgehead atoms. The van der Waals surface area contributed by atoms with Gasteiger partial charge in [0.15, 0.2) is 0 Å². The summed E-state index contributed by atoms with van der Waals surface area (Å²) in [5, 5.41) is 6.21. The zero-order chi connectivity index (χ0) is 23.8. The van der Waals surface area contributed by atoms with E-state index in [4.69, 9.17) is 4.74 Å². The molecule has 0 saturated carbocycles. The highest BCUT2D eigenvalue weighted by Gasteiger charge is 2.44. The molecule has 2 saturated heterocycles. The molecular formula is C24H29N5O4S. The van der Waals surface area contributed by atoms with Crippen LogP contribution in [0.4, 0.5) is 0 Å². The van der Waals surface area contributed by atoms with Crippen LogP contribution in [-0.2, 0) is 21.3 Å². The van der Waals surface area contributed by atoms with Crippen molar-refractivity contribution in [3.63, 3.8) is 0 Å². The van der Waals surface area contributed by atoms with E-state index in [0.717, 1.165) is 43.6 Å². The van der Waals surface area contributed by atoms with E-state index >= 15 is 0 Å². The van der Waals surface area contributed by atoms with E-state index in [0.29, 0.717) is 18.5 Å². The molecule has 3 aromatic rings. The molecule has 0 aliphatic carbocycles. The number of imidazole rings is 1. The van der Waals surface area contributed by atoms with Crippen molar-refractivity contribution in [1.82, 2.24) is 24.3 Å². The van der Waals surface area contributed by atoms with Crippen LogP contribution >= 0.6 is 0 Å². The van der Waals surface area contributed by atoms with Gasteiger partial charge in [0.25, 0.3) is 5.91 Å². The van der Waals surface area contributed by atoms with Crippen molar-refractivity contribution >= 4 is 21.6 Å². The van der Waals surface area contributed by atoms with Crippen molar-refractivity contribution in [2.24, 2.45) is 0 Å². The highest BCUT2D eigenvalue weighted by molar-refractivity contribution is 7.89. The Balaban J connectivity index is 1.21. The van der Waals surface area contributed by atoms with Gasteiger partial charge in [0.2, 0.25) is 10.0 Å². The summed E-state index contributed by atoms with van der Waals surface area (Å²) in [6.07, 6.45) is 8.13. The summed E-state index contributed by atoms with van der Waals surface area (Å²) >= 11 is 0. The van der Waals surface area contributed by atoms with Crippen LogP contribution in [0.1, 0.15) is 41.6 Å². The Kier molecular flexibility index (Phi) is 6.15. The Labute approximate surface area is 199 Å². The summed E-state index contributed by atoms with van der Waals surface area (Å²) < 4.78 is 35.8. The standard InChI is InChI=1S/C24H29N5O4S/c1-28(22-8-9-24(33-22)10-12-25-13-11-24)34(31,32)20-5-2-18(3-6-20)16-27-23(30)19-4-7-21-26-14-15-29(21)17-19/h2-7,14-15,17,22,25H,8-13,16H2,1H3,(H,27,30). The monoisotopic (exact) mass is 483 g/mol. The zero-order valence-electron chi connectivity index (χ0n) is 19.1. The number of piperidine rings is 1. The number of amides is 1. The lowest BCUT2D eigenvalue weighted by Gasteiger charge is -2.35. The van der Waals surface area contributed by atoms with Crippen LogP contribution in [0.15, 0.2) is 59.9 Å². The molecule has 2 aromatic heterocycles. The number of sulfonamides is 1. The first kappa shape index (κ1) is 23.0. The molecule has 9 nitrogen and oxygen atoms in total. The summed E-state index contributed by atoms with van der Waals surface area (Å²) in [6, 6.07) is 10.1. The molecule has 1 amide bonds. The van der Waals surface area contributed by atoms with Gasteiger partial charge in [-0.25, -0.2) is 13.4 Å². The van der Waals surface area contributed by atoms with Crippen molar-refractivity contribution in [2.75, 3.05) is 20.1 Å². The van der Waals surface area contributed by atoms with Gasteiger partial charge in [-0.15, -0.1) is 0 Å². The lowest BCUT2D eigenvalue weighted by atomic mass is 9.90. The number of benzene rings is 1. The number of carbonyl (C=O) groups excluding carboxylic acids is 1. The van der Waals surface area contributed by atoms with Crippen LogP contribution in [0.5, 0.6) is 0 Å². The normalized spacial score (nSPS) is 20.2. The third kappa shape index (κ3) is 4.46. The number of hydrogen-bond acceptors (Lipinski definition) is 6. The van der Waals surface area contributed by atoms with E-state index in [1.165, 1.54) is 4.31 Å². The number of fused-ring (bicyclic) bond motifs is 1. The molecule has 0 radical (unpaired) electrons. The van der Waals surface area contributed by atoms with Gasteiger partial charge < -0.3 is 19.8 Å². The minimum Gasteiger partial charge on any atom is -0.356 e. The molecule has 4 heterocycles. The third-order valence-electron chi connectivity index (χ3n) is 6.86. The number of aromatic nitrogens is 2. The maximum absolute atomic E-state index is 13.2. The van der Waals surface area contributed by atoms with Crippen LogP contribution in [0, 0.1) is 0 Å². The summed E-state index contributed by atoms with van der Waals surface area (Å²) in [5.74, 6) is -0.211. The molecule has 5 rings (SSSR count). The second-order valence-electron chi connectivity index (χ2n) is 9.00. The molecular weight excluding hydrogens is 454 g/mol. The van der Waals surface area contributed by atoms with Crippen molar-refractivity contribution in [3.05, 3.63) is 66.1 Å². The Hall–Kier alpha value is -2.79. The van der Waals surface area contributed by atoms with Gasteiger partial charge in [-0.05, 0) is 68.6 Å². The Morgan fingerprint density at radius 1 is 1.21 bits per heavy atom. The summed E-state index contributed by atoms with van der Waals surface area (Å²) in [4.78, 5) is 16.9. The van der Waals surface area contributed by atoms with Gasteiger partial charge in [0.1, 0.15) is 11.9 Å². The third-order valence-corrected chi connectivity index (χ3v) is 8.72.